The van der Waals surface area contributed by atoms with Gasteiger partial charge in [0.15, 0.2) is 5.69 Å². The van der Waals surface area contributed by atoms with Crippen LogP contribution in [0.5, 0.6) is 0 Å². The molecule has 1 atom stereocenters. The van der Waals surface area contributed by atoms with Crippen LogP contribution in [0.25, 0.3) is 0 Å². The lowest BCUT2D eigenvalue weighted by molar-refractivity contribution is 0.0689. The zero-order valence-electron chi connectivity index (χ0n) is 11.6. The van der Waals surface area contributed by atoms with E-state index < -0.39 is 5.97 Å². The smallest absolute Gasteiger partial charge is 0.356 e. The van der Waals surface area contributed by atoms with E-state index in [-0.39, 0.29) is 11.6 Å². The molecule has 3 rings (SSSR count). The van der Waals surface area contributed by atoms with Crippen LogP contribution in [0.3, 0.4) is 0 Å². The number of aromatic carboxylic acids is 1. The lowest BCUT2D eigenvalue weighted by atomic mass is 9.91. The van der Waals surface area contributed by atoms with Crippen LogP contribution < -0.4 is 0 Å². The first-order chi connectivity index (χ1) is 10.1. The normalized spacial score (nSPS) is 18.0. The van der Waals surface area contributed by atoms with Gasteiger partial charge in [-0.3, -0.25) is 5.10 Å². The quantitative estimate of drug-likeness (QED) is 0.847. The summed E-state index contributed by atoms with van der Waals surface area (Å²) in [6.45, 7) is 0. The van der Waals surface area contributed by atoms with Crippen molar-refractivity contribution < 1.29 is 9.90 Å². The number of carbonyl (C=O) groups is 1. The predicted octanol–water partition coefficient (Wildman–Crippen LogP) is 3.81. The number of carboxylic acid groups (broad SMARTS) is 1. The molecule has 5 heteroatoms. The first-order valence-electron chi connectivity index (χ1n) is 7.20. The maximum atomic E-state index is 11.3. The number of nitrogens with one attached hydrogen (secondary N) is 1. The first-order valence-corrected chi connectivity index (χ1v) is 7.58. The van der Waals surface area contributed by atoms with Crippen molar-refractivity contribution in [2.24, 2.45) is 0 Å². The number of fused-ring (bicyclic) bond motifs is 1. The molecule has 0 fully saturated rings. The van der Waals surface area contributed by atoms with E-state index in [0.29, 0.717) is 0 Å². The maximum Gasteiger partial charge on any atom is 0.356 e. The number of aromatic nitrogens is 2. The molecule has 1 aromatic carbocycles. The van der Waals surface area contributed by atoms with Gasteiger partial charge in [-0.1, -0.05) is 30.2 Å². The second-order valence-electron chi connectivity index (χ2n) is 5.55. The standard InChI is InChI=1S/C16H17ClN2O2/c17-12-6-3-4-10(9-12)8-11-5-1-2-7-13-14(11)18-19-15(13)16(20)21/h3-4,6,9,11H,1-2,5,7-8H2,(H,18,19)(H,20,21)/t11-/m0/s1. The Bertz CT molecular complexity index is 666. The fourth-order valence-electron chi connectivity index (χ4n) is 3.14. The lowest BCUT2D eigenvalue weighted by Crippen LogP contribution is -2.05. The Hall–Kier alpha value is -1.81. The molecule has 0 saturated carbocycles. The van der Waals surface area contributed by atoms with Crippen molar-refractivity contribution in [1.29, 1.82) is 0 Å². The van der Waals surface area contributed by atoms with Crippen molar-refractivity contribution in [3.8, 4) is 0 Å². The van der Waals surface area contributed by atoms with Gasteiger partial charge in [-0.05, 0) is 43.4 Å². The molecule has 0 amide bonds. The molecule has 0 saturated heterocycles. The molecule has 1 aromatic heterocycles. The highest BCUT2D eigenvalue weighted by Crippen LogP contribution is 2.33. The number of nitrogens with zero attached hydrogens (tertiary/aromatic N) is 1. The van der Waals surface area contributed by atoms with E-state index in [2.05, 4.69) is 16.3 Å². The Kier molecular flexibility index (Phi) is 3.97. The van der Waals surface area contributed by atoms with Gasteiger partial charge in [0.2, 0.25) is 0 Å². The molecule has 0 bridgehead atoms. The molecule has 2 N–H and O–H groups in total. The topological polar surface area (TPSA) is 66.0 Å². The highest BCUT2D eigenvalue weighted by molar-refractivity contribution is 6.30. The molecule has 21 heavy (non-hydrogen) atoms. The summed E-state index contributed by atoms with van der Waals surface area (Å²) in [5.74, 6) is -0.669. The van der Waals surface area contributed by atoms with Crippen molar-refractivity contribution in [1.82, 2.24) is 10.2 Å². The van der Waals surface area contributed by atoms with Crippen LogP contribution in [0, 0.1) is 0 Å². The third-order valence-corrected chi connectivity index (χ3v) is 4.35. The van der Waals surface area contributed by atoms with Gasteiger partial charge < -0.3 is 5.11 Å². The van der Waals surface area contributed by atoms with Crippen molar-refractivity contribution in [2.75, 3.05) is 0 Å². The molecule has 4 nitrogen and oxygen atoms in total. The van der Waals surface area contributed by atoms with E-state index in [1.165, 1.54) is 5.56 Å². The Morgan fingerprint density at radius 2 is 2.29 bits per heavy atom. The monoisotopic (exact) mass is 304 g/mol. The minimum absolute atomic E-state index is 0.183. The third-order valence-electron chi connectivity index (χ3n) is 4.11. The van der Waals surface area contributed by atoms with E-state index in [1.54, 1.807) is 0 Å². The molecule has 0 radical (unpaired) electrons. The second kappa shape index (κ2) is 5.90. The number of benzene rings is 1. The van der Waals surface area contributed by atoms with Gasteiger partial charge in [0.25, 0.3) is 0 Å². The zero-order valence-corrected chi connectivity index (χ0v) is 12.4. The van der Waals surface area contributed by atoms with Crippen LogP contribution in [0.1, 0.15) is 52.5 Å². The maximum absolute atomic E-state index is 11.3. The highest BCUT2D eigenvalue weighted by atomic mass is 35.5. The van der Waals surface area contributed by atoms with Gasteiger partial charge in [-0.25, -0.2) is 4.79 Å². The molecule has 0 aliphatic heterocycles. The van der Waals surface area contributed by atoms with Crippen LogP contribution in [0.2, 0.25) is 5.02 Å². The van der Waals surface area contributed by atoms with Crippen LogP contribution in [0.4, 0.5) is 0 Å². The number of aromatic amines is 1. The first kappa shape index (κ1) is 14.1. The molecule has 1 aliphatic rings. The van der Waals surface area contributed by atoms with Crippen molar-refractivity contribution in [2.45, 2.75) is 38.0 Å². The summed E-state index contributed by atoms with van der Waals surface area (Å²) in [5.41, 5.74) is 3.23. The van der Waals surface area contributed by atoms with Crippen LogP contribution in [0.15, 0.2) is 24.3 Å². The second-order valence-corrected chi connectivity index (χ2v) is 5.98. The van der Waals surface area contributed by atoms with E-state index in [0.717, 1.165) is 48.4 Å². The number of H-pyrrole nitrogens is 1. The van der Waals surface area contributed by atoms with Gasteiger partial charge in [0, 0.05) is 22.2 Å². The molecule has 1 aliphatic carbocycles. The predicted molar refractivity (Wildman–Crippen MR) is 81.0 cm³/mol. The number of hydrogen-bond acceptors (Lipinski definition) is 2. The van der Waals surface area contributed by atoms with Gasteiger partial charge in [0.1, 0.15) is 0 Å². The fraction of sp³-hybridized carbons (Fsp3) is 0.375. The van der Waals surface area contributed by atoms with Gasteiger partial charge in [-0.15, -0.1) is 0 Å². The average molecular weight is 305 g/mol. The van der Waals surface area contributed by atoms with Gasteiger partial charge in [0.05, 0.1) is 0 Å². The molecule has 0 unspecified atom stereocenters. The summed E-state index contributed by atoms with van der Waals surface area (Å²) in [5, 5.41) is 16.9. The van der Waals surface area contributed by atoms with E-state index in [4.69, 9.17) is 11.6 Å². The average Bonchev–Trinajstić information content (AvgIpc) is 2.77. The Morgan fingerprint density at radius 1 is 1.43 bits per heavy atom. The number of rotatable bonds is 3. The number of carboxylic acids is 1. The summed E-state index contributed by atoms with van der Waals surface area (Å²) >= 11 is 6.04. The van der Waals surface area contributed by atoms with E-state index in [1.807, 2.05) is 18.2 Å². The van der Waals surface area contributed by atoms with Gasteiger partial charge in [-0.2, -0.15) is 5.10 Å². The summed E-state index contributed by atoms with van der Waals surface area (Å²) in [4.78, 5) is 11.3. The summed E-state index contributed by atoms with van der Waals surface area (Å²) in [6, 6.07) is 7.85. The van der Waals surface area contributed by atoms with Crippen molar-refractivity contribution in [3.05, 3.63) is 51.8 Å². The van der Waals surface area contributed by atoms with Crippen LogP contribution in [-0.4, -0.2) is 21.3 Å². The third kappa shape index (κ3) is 2.95. The molecule has 0 spiro atoms. The van der Waals surface area contributed by atoms with Crippen molar-refractivity contribution >= 4 is 17.6 Å². The largest absolute Gasteiger partial charge is 0.476 e. The minimum atomic E-state index is -0.948. The summed E-state index contributed by atoms with van der Waals surface area (Å²) in [6.07, 6.45) is 4.81. The zero-order chi connectivity index (χ0) is 14.8. The number of halogens is 1. The van der Waals surface area contributed by atoms with Crippen LogP contribution >= 0.6 is 11.6 Å². The van der Waals surface area contributed by atoms with Crippen LogP contribution in [-0.2, 0) is 12.8 Å². The van der Waals surface area contributed by atoms with Crippen molar-refractivity contribution in [3.63, 3.8) is 0 Å². The fourth-order valence-corrected chi connectivity index (χ4v) is 3.35. The summed E-state index contributed by atoms with van der Waals surface area (Å²) in [7, 11) is 0. The van der Waals surface area contributed by atoms with Gasteiger partial charge >= 0.3 is 5.97 Å². The Morgan fingerprint density at radius 3 is 3.05 bits per heavy atom. The molecular weight excluding hydrogens is 288 g/mol. The lowest BCUT2D eigenvalue weighted by Gasteiger charge is -2.14. The highest BCUT2D eigenvalue weighted by Gasteiger charge is 2.26. The Labute approximate surface area is 128 Å². The van der Waals surface area contributed by atoms with E-state index in [9.17, 15) is 9.90 Å². The molecule has 2 aromatic rings. The SMILES string of the molecule is O=C(O)c1n[nH]c2c1CCCC[C@H]2Cc1cccc(Cl)c1. The van der Waals surface area contributed by atoms with E-state index >= 15 is 0 Å². The Balaban J connectivity index is 1.92. The number of hydrogen-bond donors (Lipinski definition) is 2. The summed E-state index contributed by atoms with van der Waals surface area (Å²) < 4.78 is 0. The molecule has 110 valence electrons. The molecule has 1 heterocycles. The molecular formula is C16H17ClN2O2. The minimum Gasteiger partial charge on any atom is -0.476 e.